The van der Waals surface area contributed by atoms with Gasteiger partial charge in [-0.1, -0.05) is 13.8 Å². The second kappa shape index (κ2) is 8.80. The minimum absolute atomic E-state index is 0.111. The van der Waals surface area contributed by atoms with E-state index in [1.165, 1.54) is 76.8 Å². The molecular weight excluding hydrogens is 442 g/mol. The molecule has 1 saturated heterocycles. The van der Waals surface area contributed by atoms with Crippen LogP contribution in [0, 0.1) is 34.5 Å². The Morgan fingerprint density at radius 3 is 2.65 bits per heavy atom. The number of carbonyl (C=O) groups is 1. The molecule has 5 heteroatoms. The summed E-state index contributed by atoms with van der Waals surface area (Å²) in [4.78, 5) is 14.4. The van der Waals surface area contributed by atoms with E-state index in [1.807, 2.05) is 0 Å². The number of cyclic esters (lactones) is 1. The number of aliphatic hydroxyl groups is 1. The highest BCUT2D eigenvalue weighted by Gasteiger charge is 2.67. The summed E-state index contributed by atoms with van der Waals surface area (Å²) in [6, 6.07) is 0. The maximum absolute atomic E-state index is 12.4. The number of nitrogens with zero attached hydrogens (tertiary/aromatic N) is 1. The Morgan fingerprint density at radius 1 is 1.06 bits per heavy atom. The van der Waals surface area contributed by atoms with Crippen molar-refractivity contribution in [3.63, 3.8) is 0 Å². The van der Waals surface area contributed by atoms with Crippen molar-refractivity contribution >= 4 is 17.7 Å². The van der Waals surface area contributed by atoms with Gasteiger partial charge in [0.2, 0.25) is 0 Å². The van der Waals surface area contributed by atoms with Crippen LogP contribution in [0.3, 0.4) is 0 Å². The Labute approximate surface area is 210 Å². The van der Waals surface area contributed by atoms with Gasteiger partial charge in [-0.2, -0.15) is 11.8 Å². The van der Waals surface area contributed by atoms with Crippen LogP contribution in [-0.4, -0.2) is 58.8 Å². The molecule has 4 saturated carbocycles. The van der Waals surface area contributed by atoms with Crippen LogP contribution in [0.1, 0.15) is 84.5 Å². The number of rotatable bonds is 5. The topological polar surface area (TPSA) is 49.8 Å². The van der Waals surface area contributed by atoms with Crippen LogP contribution in [-0.2, 0) is 9.53 Å². The molecule has 5 fully saturated rings. The number of esters is 1. The molecule has 2 heterocycles. The van der Waals surface area contributed by atoms with Crippen molar-refractivity contribution in [2.75, 3.05) is 32.0 Å². The van der Waals surface area contributed by atoms with E-state index >= 15 is 0 Å². The van der Waals surface area contributed by atoms with E-state index in [9.17, 15) is 9.90 Å². The molecule has 6 aliphatic rings. The Kier molecular flexibility index (Phi) is 6.17. The number of thioether (sulfide) groups is 1. The van der Waals surface area contributed by atoms with Gasteiger partial charge >= 0.3 is 5.97 Å². The van der Waals surface area contributed by atoms with Crippen LogP contribution < -0.4 is 0 Å². The molecule has 34 heavy (non-hydrogen) atoms. The third-order valence-electron chi connectivity index (χ3n) is 11.9. The second-order valence-electron chi connectivity index (χ2n) is 13.1. The van der Waals surface area contributed by atoms with E-state index in [0.29, 0.717) is 29.8 Å². The van der Waals surface area contributed by atoms with Crippen LogP contribution in [0.2, 0.25) is 0 Å². The van der Waals surface area contributed by atoms with Crippen molar-refractivity contribution in [3.05, 3.63) is 11.6 Å². The lowest BCUT2D eigenvalue weighted by Gasteiger charge is -2.64. The molecular formula is C29H45NO3S. The maximum atomic E-state index is 12.4. The van der Waals surface area contributed by atoms with Crippen molar-refractivity contribution in [1.82, 2.24) is 4.90 Å². The molecule has 0 spiro atoms. The molecule has 0 bridgehead atoms. The third-order valence-corrected chi connectivity index (χ3v) is 13.2. The van der Waals surface area contributed by atoms with Crippen LogP contribution in [0.4, 0.5) is 0 Å². The summed E-state index contributed by atoms with van der Waals surface area (Å²) in [5, 5.41) is 13.2. The average Bonchev–Trinajstić information content (AvgIpc) is 3.54. The summed E-state index contributed by atoms with van der Waals surface area (Å²) in [7, 11) is 0. The van der Waals surface area contributed by atoms with Crippen molar-refractivity contribution in [2.24, 2.45) is 34.5 Å². The monoisotopic (exact) mass is 487 g/mol. The standard InChI is InChI=1S/C29H45NO3S/c1-27-10-7-22(34-16-15-30-13-3-4-14-30)18-21(27)5-6-25-24(27)8-11-28(2)23(9-12-29(25,28)32)20-17-26(31)33-19-20/h17,21-25,32H,3-16,18-19H2,1-2H3/t21-,22+,23-,24+,25-,27+,28-,29+/m1/s1. The van der Waals surface area contributed by atoms with E-state index in [1.54, 1.807) is 6.08 Å². The highest BCUT2D eigenvalue weighted by atomic mass is 32.2. The first-order valence-electron chi connectivity index (χ1n) is 14.3. The molecule has 0 aromatic rings. The Balaban J connectivity index is 1.13. The van der Waals surface area contributed by atoms with Gasteiger partial charge in [0.05, 0.1) is 5.60 Å². The van der Waals surface area contributed by atoms with Crippen LogP contribution in [0.25, 0.3) is 0 Å². The number of fused-ring (bicyclic) bond motifs is 5. The SMILES string of the molecule is C[C@]12CC[C@H](SCCN3CCCC3)C[C@H]1CC[C@@H]1[C@@H]2CC[C@]2(C)[C@@H](C3=CC(=O)OC3)CC[C@]12O. The number of likely N-dealkylation sites (tertiary alicyclic amines) is 1. The van der Waals surface area contributed by atoms with E-state index in [2.05, 4.69) is 30.5 Å². The van der Waals surface area contributed by atoms with Crippen molar-refractivity contribution in [1.29, 1.82) is 0 Å². The van der Waals surface area contributed by atoms with Crippen LogP contribution in [0.5, 0.6) is 0 Å². The van der Waals surface area contributed by atoms with Crippen molar-refractivity contribution in [3.8, 4) is 0 Å². The van der Waals surface area contributed by atoms with E-state index in [4.69, 9.17) is 4.74 Å². The Morgan fingerprint density at radius 2 is 1.88 bits per heavy atom. The largest absolute Gasteiger partial charge is 0.458 e. The van der Waals surface area contributed by atoms with Gasteiger partial charge in [-0.3, -0.25) is 0 Å². The molecule has 0 aromatic heterocycles. The first-order chi connectivity index (χ1) is 16.3. The predicted molar refractivity (Wildman–Crippen MR) is 138 cm³/mol. The molecule has 2 aliphatic heterocycles. The minimum Gasteiger partial charge on any atom is -0.458 e. The second-order valence-corrected chi connectivity index (χ2v) is 14.5. The molecule has 0 amide bonds. The van der Waals surface area contributed by atoms with Gasteiger partial charge < -0.3 is 14.7 Å². The van der Waals surface area contributed by atoms with Gasteiger partial charge in [-0.05, 0) is 118 Å². The summed E-state index contributed by atoms with van der Waals surface area (Å²) in [5.41, 5.74) is 0.853. The first-order valence-corrected chi connectivity index (χ1v) is 15.3. The maximum Gasteiger partial charge on any atom is 0.331 e. The van der Waals surface area contributed by atoms with E-state index < -0.39 is 5.60 Å². The normalized spacial score (nSPS) is 48.7. The lowest BCUT2D eigenvalue weighted by atomic mass is 9.43. The fourth-order valence-electron chi connectivity index (χ4n) is 9.88. The smallest absolute Gasteiger partial charge is 0.331 e. The summed E-state index contributed by atoms with van der Waals surface area (Å²) in [6.45, 7) is 9.31. The number of hydrogen-bond acceptors (Lipinski definition) is 5. The van der Waals surface area contributed by atoms with Gasteiger partial charge in [0.25, 0.3) is 0 Å². The van der Waals surface area contributed by atoms with E-state index in [0.717, 1.165) is 36.0 Å². The summed E-state index contributed by atoms with van der Waals surface area (Å²) < 4.78 is 5.28. The van der Waals surface area contributed by atoms with Crippen molar-refractivity contribution in [2.45, 2.75) is 95.3 Å². The predicted octanol–water partition coefficient (Wildman–Crippen LogP) is 5.44. The molecule has 0 unspecified atom stereocenters. The van der Waals surface area contributed by atoms with Gasteiger partial charge in [-0.15, -0.1) is 0 Å². The molecule has 8 atom stereocenters. The molecule has 6 rings (SSSR count). The van der Waals surface area contributed by atoms with Gasteiger partial charge in [0.15, 0.2) is 0 Å². The summed E-state index contributed by atoms with van der Waals surface area (Å²) in [5.74, 6) is 3.34. The van der Waals surface area contributed by atoms with Crippen molar-refractivity contribution < 1.29 is 14.6 Å². The lowest BCUT2D eigenvalue weighted by molar-refractivity contribution is -0.203. The molecule has 4 aliphatic carbocycles. The average molecular weight is 488 g/mol. The summed E-state index contributed by atoms with van der Waals surface area (Å²) >= 11 is 2.26. The first kappa shape index (κ1) is 23.9. The fourth-order valence-corrected chi connectivity index (χ4v) is 11.2. The quantitative estimate of drug-likeness (QED) is 0.523. The van der Waals surface area contributed by atoms with Gasteiger partial charge in [0, 0.05) is 29.0 Å². The fraction of sp³-hybridized carbons (Fsp3) is 0.897. The minimum atomic E-state index is -0.581. The molecule has 0 aromatic carbocycles. The molecule has 0 radical (unpaired) electrons. The molecule has 1 N–H and O–H groups in total. The van der Waals surface area contributed by atoms with Gasteiger partial charge in [-0.25, -0.2) is 4.79 Å². The molecule has 190 valence electrons. The zero-order valence-electron chi connectivity index (χ0n) is 21.4. The number of hydrogen-bond donors (Lipinski definition) is 1. The third kappa shape index (κ3) is 3.65. The van der Waals surface area contributed by atoms with Crippen LogP contribution >= 0.6 is 11.8 Å². The highest BCUT2D eigenvalue weighted by Crippen LogP contribution is 2.70. The zero-order chi connectivity index (χ0) is 23.6. The molecule has 4 nitrogen and oxygen atoms in total. The zero-order valence-corrected chi connectivity index (χ0v) is 22.2. The number of carbonyl (C=O) groups excluding carboxylic acids is 1. The number of ether oxygens (including phenoxy) is 1. The Bertz CT molecular complexity index is 839. The van der Waals surface area contributed by atoms with E-state index in [-0.39, 0.29) is 11.4 Å². The highest BCUT2D eigenvalue weighted by molar-refractivity contribution is 7.99. The summed E-state index contributed by atoms with van der Waals surface area (Å²) in [6.07, 6.45) is 15.4. The Hall–Kier alpha value is -0.520. The van der Waals surface area contributed by atoms with Gasteiger partial charge in [0.1, 0.15) is 6.61 Å². The lowest BCUT2D eigenvalue weighted by Crippen LogP contribution is -2.62. The van der Waals surface area contributed by atoms with Crippen LogP contribution in [0.15, 0.2) is 11.6 Å².